The molecule has 1 aliphatic rings. The molecule has 0 N–H and O–H groups in total. The highest BCUT2D eigenvalue weighted by Crippen LogP contribution is 2.25. The maximum atomic E-state index is 12.5. The summed E-state index contributed by atoms with van der Waals surface area (Å²) in [6, 6.07) is 8.09. The normalized spacial score (nSPS) is 21.8. The van der Waals surface area contributed by atoms with Crippen molar-refractivity contribution in [1.29, 1.82) is 0 Å². The molecule has 0 bridgehead atoms. The number of carbonyl (C=O) groups excluding carboxylic acids is 1. The quantitative estimate of drug-likeness (QED) is 0.780. The van der Waals surface area contributed by atoms with Crippen molar-refractivity contribution in [1.82, 2.24) is 4.90 Å². The van der Waals surface area contributed by atoms with Crippen molar-refractivity contribution in [2.75, 3.05) is 21.3 Å². The molecule has 2 rings (SSSR count). The molecule has 0 spiro atoms. The van der Waals surface area contributed by atoms with Crippen molar-refractivity contribution in [2.45, 2.75) is 44.8 Å². The highest BCUT2D eigenvalue weighted by molar-refractivity contribution is 5.95. The second kappa shape index (κ2) is 8.16. The lowest BCUT2D eigenvalue weighted by Gasteiger charge is -2.33. The number of rotatable bonds is 5. The standard InChI is InChI=1S/C19H27NO3/c1-14(15-6-5-7-18(13-15)23-4)12-19(21)20(2)16-8-10-17(22-3)11-9-16/h5-7,12-13,16-17H,8-11H2,1-4H3. The van der Waals surface area contributed by atoms with E-state index in [0.29, 0.717) is 12.1 Å². The van der Waals surface area contributed by atoms with E-state index in [4.69, 9.17) is 9.47 Å². The number of amides is 1. The monoisotopic (exact) mass is 317 g/mol. The van der Waals surface area contributed by atoms with E-state index >= 15 is 0 Å². The summed E-state index contributed by atoms with van der Waals surface area (Å²) < 4.78 is 10.6. The molecule has 0 unspecified atom stereocenters. The highest BCUT2D eigenvalue weighted by Gasteiger charge is 2.25. The van der Waals surface area contributed by atoms with Gasteiger partial charge in [-0.15, -0.1) is 0 Å². The summed E-state index contributed by atoms with van der Waals surface area (Å²) in [6.07, 6.45) is 6.13. The fraction of sp³-hybridized carbons (Fsp3) is 0.526. The van der Waals surface area contributed by atoms with Gasteiger partial charge >= 0.3 is 0 Å². The molecule has 0 radical (unpaired) electrons. The lowest BCUT2D eigenvalue weighted by Crippen LogP contribution is -2.39. The first kappa shape index (κ1) is 17.5. The van der Waals surface area contributed by atoms with Crippen LogP contribution >= 0.6 is 0 Å². The van der Waals surface area contributed by atoms with Gasteiger partial charge in [-0.2, -0.15) is 0 Å². The van der Waals surface area contributed by atoms with Gasteiger partial charge in [0.15, 0.2) is 0 Å². The van der Waals surface area contributed by atoms with Gasteiger partial charge in [0.1, 0.15) is 5.75 Å². The van der Waals surface area contributed by atoms with E-state index in [1.165, 1.54) is 0 Å². The largest absolute Gasteiger partial charge is 0.497 e. The minimum absolute atomic E-state index is 0.0613. The van der Waals surface area contributed by atoms with Gasteiger partial charge in [0.2, 0.25) is 5.91 Å². The van der Waals surface area contributed by atoms with Gasteiger partial charge in [-0.25, -0.2) is 0 Å². The van der Waals surface area contributed by atoms with E-state index in [2.05, 4.69) is 0 Å². The first-order chi connectivity index (χ1) is 11.0. The molecule has 0 aromatic heterocycles. The van der Waals surface area contributed by atoms with Gasteiger partial charge in [0.05, 0.1) is 13.2 Å². The Morgan fingerprint density at radius 2 is 1.91 bits per heavy atom. The van der Waals surface area contributed by atoms with Crippen LogP contribution < -0.4 is 4.74 Å². The van der Waals surface area contributed by atoms with Gasteiger partial charge in [-0.3, -0.25) is 4.79 Å². The molecule has 23 heavy (non-hydrogen) atoms. The Hall–Kier alpha value is -1.81. The van der Waals surface area contributed by atoms with Crippen LogP contribution in [-0.2, 0) is 9.53 Å². The molecule has 0 aliphatic heterocycles. The van der Waals surface area contributed by atoms with Crippen LogP contribution in [0.4, 0.5) is 0 Å². The summed E-state index contributed by atoms with van der Waals surface area (Å²) in [5.74, 6) is 0.861. The highest BCUT2D eigenvalue weighted by atomic mass is 16.5. The summed E-state index contributed by atoms with van der Waals surface area (Å²) in [7, 11) is 5.31. The van der Waals surface area contributed by atoms with Crippen molar-refractivity contribution in [2.24, 2.45) is 0 Å². The third-order valence-corrected chi connectivity index (χ3v) is 4.74. The fourth-order valence-corrected chi connectivity index (χ4v) is 3.09. The lowest BCUT2D eigenvalue weighted by atomic mass is 9.92. The number of benzene rings is 1. The predicted octanol–water partition coefficient (Wildman–Crippen LogP) is 3.51. The maximum absolute atomic E-state index is 12.5. The van der Waals surface area contributed by atoms with Crippen molar-refractivity contribution in [3.63, 3.8) is 0 Å². The van der Waals surface area contributed by atoms with E-state index < -0.39 is 0 Å². The summed E-state index contributed by atoms with van der Waals surface area (Å²) in [5, 5.41) is 0. The van der Waals surface area contributed by atoms with Crippen molar-refractivity contribution >= 4 is 11.5 Å². The molecule has 1 fully saturated rings. The molecular formula is C19H27NO3. The number of likely N-dealkylation sites (N-methyl/N-ethyl adjacent to an activating group) is 1. The zero-order valence-corrected chi connectivity index (χ0v) is 14.5. The van der Waals surface area contributed by atoms with Crippen LogP contribution in [-0.4, -0.2) is 44.2 Å². The van der Waals surface area contributed by atoms with Crippen LogP contribution in [0.5, 0.6) is 5.75 Å². The Morgan fingerprint density at radius 1 is 1.22 bits per heavy atom. The van der Waals surface area contributed by atoms with Crippen molar-refractivity contribution < 1.29 is 14.3 Å². The van der Waals surface area contributed by atoms with Crippen LogP contribution in [0, 0.1) is 0 Å². The lowest BCUT2D eigenvalue weighted by molar-refractivity contribution is -0.127. The Bertz CT molecular complexity index is 559. The van der Waals surface area contributed by atoms with Crippen LogP contribution in [0.15, 0.2) is 30.3 Å². The molecule has 1 aliphatic carbocycles. The fourth-order valence-electron chi connectivity index (χ4n) is 3.09. The summed E-state index contributed by atoms with van der Waals surface area (Å²) in [4.78, 5) is 14.4. The third kappa shape index (κ3) is 4.58. The van der Waals surface area contributed by atoms with E-state index in [0.717, 1.165) is 42.6 Å². The first-order valence-corrected chi connectivity index (χ1v) is 8.17. The second-order valence-electron chi connectivity index (χ2n) is 6.17. The van der Waals surface area contributed by atoms with E-state index in [-0.39, 0.29) is 5.91 Å². The zero-order chi connectivity index (χ0) is 16.8. The van der Waals surface area contributed by atoms with E-state index in [9.17, 15) is 4.79 Å². The number of ether oxygens (including phenoxy) is 2. The summed E-state index contributed by atoms with van der Waals surface area (Å²) >= 11 is 0. The van der Waals surface area contributed by atoms with E-state index in [1.54, 1.807) is 20.3 Å². The summed E-state index contributed by atoms with van der Waals surface area (Å²) in [5.41, 5.74) is 1.96. The topological polar surface area (TPSA) is 38.8 Å². The average Bonchev–Trinajstić information content (AvgIpc) is 2.61. The smallest absolute Gasteiger partial charge is 0.246 e. The van der Waals surface area contributed by atoms with Gasteiger partial charge < -0.3 is 14.4 Å². The molecule has 126 valence electrons. The van der Waals surface area contributed by atoms with Crippen molar-refractivity contribution in [3.05, 3.63) is 35.9 Å². The number of methoxy groups -OCH3 is 2. The minimum Gasteiger partial charge on any atom is -0.497 e. The molecule has 4 nitrogen and oxygen atoms in total. The second-order valence-corrected chi connectivity index (χ2v) is 6.17. The Labute approximate surface area is 139 Å². The molecule has 1 aromatic rings. The van der Waals surface area contributed by atoms with E-state index in [1.807, 2.05) is 43.1 Å². The number of carbonyl (C=O) groups is 1. The third-order valence-electron chi connectivity index (χ3n) is 4.74. The first-order valence-electron chi connectivity index (χ1n) is 8.17. The van der Waals surface area contributed by atoms with Crippen LogP contribution in [0.3, 0.4) is 0 Å². The molecule has 1 aromatic carbocycles. The molecule has 0 heterocycles. The molecule has 4 heteroatoms. The molecule has 0 atom stereocenters. The van der Waals surface area contributed by atoms with Gasteiger partial charge in [0, 0.05) is 26.3 Å². The van der Waals surface area contributed by atoms with Gasteiger partial charge in [-0.1, -0.05) is 12.1 Å². The molecule has 1 saturated carbocycles. The number of nitrogens with zero attached hydrogens (tertiary/aromatic N) is 1. The predicted molar refractivity (Wildman–Crippen MR) is 92.5 cm³/mol. The SMILES string of the molecule is COc1cccc(C(C)=CC(=O)N(C)C2CCC(OC)CC2)c1. The number of allylic oxidation sites excluding steroid dienone is 1. The Kier molecular flexibility index (Phi) is 6.22. The maximum Gasteiger partial charge on any atom is 0.246 e. The number of hydrogen-bond acceptors (Lipinski definition) is 3. The van der Waals surface area contributed by atoms with Gasteiger partial charge in [0.25, 0.3) is 0 Å². The van der Waals surface area contributed by atoms with Crippen LogP contribution in [0.2, 0.25) is 0 Å². The Morgan fingerprint density at radius 3 is 2.52 bits per heavy atom. The molecule has 1 amide bonds. The summed E-state index contributed by atoms with van der Waals surface area (Å²) in [6.45, 7) is 1.96. The Balaban J connectivity index is 2.01. The zero-order valence-electron chi connectivity index (χ0n) is 14.5. The minimum atomic E-state index is 0.0613. The van der Waals surface area contributed by atoms with Crippen molar-refractivity contribution in [3.8, 4) is 5.75 Å². The number of hydrogen-bond donors (Lipinski definition) is 0. The molecule has 0 saturated heterocycles. The van der Waals surface area contributed by atoms with Crippen LogP contribution in [0.25, 0.3) is 5.57 Å². The average molecular weight is 317 g/mol. The van der Waals surface area contributed by atoms with Gasteiger partial charge in [-0.05, 0) is 55.9 Å². The van der Waals surface area contributed by atoms with Crippen LogP contribution in [0.1, 0.15) is 38.2 Å². The molecular weight excluding hydrogens is 290 g/mol.